The van der Waals surface area contributed by atoms with E-state index >= 15 is 0 Å². The van der Waals surface area contributed by atoms with Crippen molar-refractivity contribution < 1.29 is 9.21 Å². The molecule has 1 aromatic heterocycles. The molecule has 4 nitrogen and oxygen atoms in total. The highest BCUT2D eigenvalue weighted by Gasteiger charge is 2.17. The standard InChI is InChI=1S/C9H11BrN2O2/c10-8-4-7(6-14-8)5-12-3-1-2-11-9(12)13/h4,6H,1-3,5H2,(H,11,13). The number of urea groups is 1. The summed E-state index contributed by atoms with van der Waals surface area (Å²) in [6, 6.07) is 1.88. The zero-order chi connectivity index (χ0) is 9.97. The number of rotatable bonds is 2. The summed E-state index contributed by atoms with van der Waals surface area (Å²) in [7, 11) is 0. The van der Waals surface area contributed by atoms with Crippen molar-refractivity contribution in [1.82, 2.24) is 10.2 Å². The van der Waals surface area contributed by atoms with Crippen LogP contribution in [0, 0.1) is 0 Å². The molecule has 1 aliphatic heterocycles. The zero-order valence-corrected chi connectivity index (χ0v) is 9.21. The van der Waals surface area contributed by atoms with Gasteiger partial charge >= 0.3 is 6.03 Å². The Balaban J connectivity index is 1.99. The lowest BCUT2D eigenvalue weighted by atomic mass is 10.2. The number of nitrogens with zero attached hydrogens (tertiary/aromatic N) is 1. The minimum absolute atomic E-state index is 0.00794. The van der Waals surface area contributed by atoms with E-state index in [1.54, 1.807) is 11.2 Å². The Hall–Kier alpha value is -0.970. The molecule has 2 amide bonds. The molecular weight excluding hydrogens is 248 g/mol. The summed E-state index contributed by atoms with van der Waals surface area (Å²) in [5, 5.41) is 2.80. The molecule has 76 valence electrons. The Bertz CT molecular complexity index is 337. The Kier molecular flexibility index (Phi) is 2.77. The molecular formula is C9H11BrN2O2. The largest absolute Gasteiger partial charge is 0.457 e. The first-order valence-electron chi connectivity index (χ1n) is 4.51. The number of furan rings is 1. The minimum Gasteiger partial charge on any atom is -0.457 e. The highest BCUT2D eigenvalue weighted by atomic mass is 79.9. The van der Waals surface area contributed by atoms with Crippen molar-refractivity contribution in [3.05, 3.63) is 22.6 Å². The minimum atomic E-state index is 0.00794. The predicted octanol–water partition coefficient (Wildman–Crippen LogP) is 1.96. The quantitative estimate of drug-likeness (QED) is 0.882. The topological polar surface area (TPSA) is 45.5 Å². The van der Waals surface area contributed by atoms with E-state index in [0.29, 0.717) is 11.2 Å². The van der Waals surface area contributed by atoms with E-state index in [4.69, 9.17) is 4.42 Å². The van der Waals surface area contributed by atoms with Crippen molar-refractivity contribution in [2.75, 3.05) is 13.1 Å². The van der Waals surface area contributed by atoms with Gasteiger partial charge in [0.15, 0.2) is 4.67 Å². The molecule has 1 aliphatic rings. The lowest BCUT2D eigenvalue weighted by molar-refractivity contribution is 0.183. The Labute approximate surface area is 90.4 Å². The average molecular weight is 259 g/mol. The van der Waals surface area contributed by atoms with Crippen LogP contribution in [0.2, 0.25) is 0 Å². The van der Waals surface area contributed by atoms with Crippen molar-refractivity contribution in [3.63, 3.8) is 0 Å². The number of halogens is 1. The number of hydrogen-bond acceptors (Lipinski definition) is 2. The van der Waals surface area contributed by atoms with Gasteiger partial charge in [-0.1, -0.05) is 0 Å². The van der Waals surface area contributed by atoms with Gasteiger partial charge in [0.05, 0.1) is 12.8 Å². The van der Waals surface area contributed by atoms with Gasteiger partial charge in [0, 0.05) is 18.7 Å². The van der Waals surface area contributed by atoms with Gasteiger partial charge in [0.2, 0.25) is 0 Å². The second kappa shape index (κ2) is 4.04. The van der Waals surface area contributed by atoms with Crippen LogP contribution in [-0.2, 0) is 6.54 Å². The van der Waals surface area contributed by atoms with Gasteiger partial charge in [-0.3, -0.25) is 0 Å². The van der Waals surface area contributed by atoms with Gasteiger partial charge < -0.3 is 14.6 Å². The Morgan fingerprint density at radius 2 is 2.50 bits per heavy atom. The summed E-state index contributed by atoms with van der Waals surface area (Å²) in [6.45, 7) is 2.21. The third-order valence-electron chi connectivity index (χ3n) is 2.16. The third kappa shape index (κ3) is 2.09. The van der Waals surface area contributed by atoms with E-state index in [0.717, 1.165) is 25.1 Å². The van der Waals surface area contributed by atoms with Gasteiger partial charge in [-0.05, 0) is 28.4 Å². The van der Waals surface area contributed by atoms with Crippen LogP contribution in [0.4, 0.5) is 4.79 Å². The molecule has 14 heavy (non-hydrogen) atoms. The van der Waals surface area contributed by atoms with Crippen LogP contribution in [0.25, 0.3) is 0 Å². The van der Waals surface area contributed by atoms with Gasteiger partial charge in [0.1, 0.15) is 0 Å². The first kappa shape index (κ1) is 9.58. The van der Waals surface area contributed by atoms with Crippen LogP contribution in [0.3, 0.4) is 0 Å². The van der Waals surface area contributed by atoms with Crippen LogP contribution < -0.4 is 5.32 Å². The van der Waals surface area contributed by atoms with Crippen LogP contribution >= 0.6 is 15.9 Å². The second-order valence-electron chi connectivity index (χ2n) is 3.27. The summed E-state index contributed by atoms with van der Waals surface area (Å²) in [4.78, 5) is 13.2. The van der Waals surface area contributed by atoms with Gasteiger partial charge in [-0.25, -0.2) is 4.79 Å². The fourth-order valence-corrected chi connectivity index (χ4v) is 1.87. The van der Waals surface area contributed by atoms with Gasteiger partial charge in [-0.15, -0.1) is 0 Å². The van der Waals surface area contributed by atoms with E-state index in [1.807, 2.05) is 6.07 Å². The highest BCUT2D eigenvalue weighted by Crippen LogP contribution is 2.16. The molecule has 0 aromatic carbocycles. The Morgan fingerprint density at radius 1 is 1.64 bits per heavy atom. The van der Waals surface area contributed by atoms with Crippen molar-refractivity contribution in [3.8, 4) is 0 Å². The fourth-order valence-electron chi connectivity index (χ4n) is 1.48. The number of amides is 2. The maximum atomic E-state index is 11.4. The Morgan fingerprint density at radius 3 is 3.14 bits per heavy atom. The van der Waals surface area contributed by atoms with Crippen LogP contribution in [0.15, 0.2) is 21.4 Å². The summed E-state index contributed by atoms with van der Waals surface area (Å²) in [5.41, 5.74) is 1.01. The molecule has 1 fully saturated rings. The lowest BCUT2D eigenvalue weighted by Gasteiger charge is -2.26. The third-order valence-corrected chi connectivity index (χ3v) is 2.58. The maximum Gasteiger partial charge on any atom is 0.317 e. The molecule has 1 aromatic rings. The molecule has 0 saturated carbocycles. The molecule has 0 spiro atoms. The van der Waals surface area contributed by atoms with E-state index in [-0.39, 0.29) is 6.03 Å². The SMILES string of the molecule is O=C1NCCCN1Cc1coc(Br)c1. The maximum absolute atomic E-state index is 11.4. The molecule has 0 unspecified atom stereocenters. The molecule has 0 bridgehead atoms. The number of carbonyl (C=O) groups is 1. The molecule has 0 atom stereocenters. The summed E-state index contributed by atoms with van der Waals surface area (Å²) in [5.74, 6) is 0. The van der Waals surface area contributed by atoms with Crippen LogP contribution in [-0.4, -0.2) is 24.0 Å². The van der Waals surface area contributed by atoms with E-state index in [1.165, 1.54) is 0 Å². The molecule has 0 radical (unpaired) electrons. The van der Waals surface area contributed by atoms with Gasteiger partial charge in [-0.2, -0.15) is 0 Å². The fraction of sp³-hybridized carbons (Fsp3) is 0.444. The molecule has 2 rings (SSSR count). The van der Waals surface area contributed by atoms with Crippen molar-refractivity contribution in [1.29, 1.82) is 0 Å². The number of carbonyl (C=O) groups excluding carboxylic acids is 1. The summed E-state index contributed by atoms with van der Waals surface area (Å²) >= 11 is 3.23. The first-order valence-corrected chi connectivity index (χ1v) is 5.31. The number of hydrogen-bond donors (Lipinski definition) is 1. The molecule has 2 heterocycles. The normalized spacial score (nSPS) is 16.9. The molecule has 1 saturated heterocycles. The summed E-state index contributed by atoms with van der Waals surface area (Å²) < 4.78 is 5.80. The van der Waals surface area contributed by atoms with E-state index < -0.39 is 0 Å². The van der Waals surface area contributed by atoms with E-state index in [9.17, 15) is 4.79 Å². The smallest absolute Gasteiger partial charge is 0.317 e. The predicted molar refractivity (Wildman–Crippen MR) is 54.8 cm³/mol. The van der Waals surface area contributed by atoms with Gasteiger partial charge in [0.25, 0.3) is 0 Å². The lowest BCUT2D eigenvalue weighted by Crippen LogP contribution is -2.45. The van der Waals surface area contributed by atoms with Crippen LogP contribution in [0.5, 0.6) is 0 Å². The molecule has 1 N–H and O–H groups in total. The van der Waals surface area contributed by atoms with Crippen molar-refractivity contribution >= 4 is 22.0 Å². The molecule has 5 heteroatoms. The zero-order valence-electron chi connectivity index (χ0n) is 7.62. The first-order chi connectivity index (χ1) is 6.75. The summed E-state index contributed by atoms with van der Waals surface area (Å²) in [6.07, 6.45) is 2.66. The number of nitrogens with one attached hydrogen (secondary N) is 1. The van der Waals surface area contributed by atoms with E-state index in [2.05, 4.69) is 21.2 Å². The molecule has 0 aliphatic carbocycles. The highest BCUT2D eigenvalue weighted by molar-refractivity contribution is 9.10. The van der Waals surface area contributed by atoms with Crippen molar-refractivity contribution in [2.24, 2.45) is 0 Å². The monoisotopic (exact) mass is 258 g/mol. The van der Waals surface area contributed by atoms with Crippen LogP contribution in [0.1, 0.15) is 12.0 Å². The average Bonchev–Trinajstić information content (AvgIpc) is 2.56. The second-order valence-corrected chi connectivity index (χ2v) is 4.05. The van der Waals surface area contributed by atoms with Crippen molar-refractivity contribution in [2.45, 2.75) is 13.0 Å².